The molecule has 1 aliphatic carbocycles. The van der Waals surface area contributed by atoms with Crippen molar-refractivity contribution in [1.82, 2.24) is 4.90 Å². The zero-order valence-electron chi connectivity index (χ0n) is 13.4. The first-order chi connectivity index (χ1) is 12.0. The minimum atomic E-state index is -1.28. The van der Waals surface area contributed by atoms with Crippen molar-refractivity contribution >= 4 is 11.9 Å². The molecule has 25 heavy (non-hydrogen) atoms. The molecular weight excluding hydrogens is 332 g/mol. The van der Waals surface area contributed by atoms with Gasteiger partial charge in [0, 0.05) is 18.2 Å². The first-order valence-electron chi connectivity index (χ1n) is 8.03. The minimum absolute atomic E-state index is 0.0743. The van der Waals surface area contributed by atoms with Crippen LogP contribution in [0.5, 0.6) is 0 Å². The van der Waals surface area contributed by atoms with Crippen molar-refractivity contribution in [3.8, 4) is 0 Å². The average Bonchev–Trinajstić information content (AvgIpc) is 3.26. The Kier molecular flexibility index (Phi) is 4.83. The van der Waals surface area contributed by atoms with E-state index in [2.05, 4.69) is 0 Å². The maximum atomic E-state index is 14.0. The predicted octanol–water partition coefficient (Wildman–Crippen LogP) is 3.84. The molecule has 1 saturated carbocycles. The summed E-state index contributed by atoms with van der Waals surface area (Å²) in [6.07, 6.45) is 3.40. The van der Waals surface area contributed by atoms with E-state index in [9.17, 15) is 18.4 Å². The lowest BCUT2D eigenvalue weighted by Gasteiger charge is -2.28. The van der Waals surface area contributed by atoms with Crippen molar-refractivity contribution in [1.29, 1.82) is 0 Å². The van der Waals surface area contributed by atoms with Crippen LogP contribution < -0.4 is 0 Å². The number of rotatable bonds is 5. The first-order valence-corrected chi connectivity index (χ1v) is 8.03. The SMILES string of the molecule is O=C(O)c1ccc(C(=O)N(Cc2cc(F)ccc2F)C2CCCC2)o1. The summed E-state index contributed by atoms with van der Waals surface area (Å²) in [7, 11) is 0. The van der Waals surface area contributed by atoms with Crippen LogP contribution in [0.2, 0.25) is 0 Å². The van der Waals surface area contributed by atoms with Crippen molar-refractivity contribution in [2.24, 2.45) is 0 Å². The van der Waals surface area contributed by atoms with E-state index in [0.717, 1.165) is 43.9 Å². The topological polar surface area (TPSA) is 70.8 Å². The molecule has 0 bridgehead atoms. The molecule has 3 rings (SSSR count). The Labute approximate surface area is 142 Å². The number of benzene rings is 1. The third-order valence-electron chi connectivity index (χ3n) is 4.40. The number of carboxylic acid groups (broad SMARTS) is 1. The number of aromatic carboxylic acids is 1. The van der Waals surface area contributed by atoms with E-state index in [0.29, 0.717) is 0 Å². The number of hydrogen-bond acceptors (Lipinski definition) is 3. The van der Waals surface area contributed by atoms with Gasteiger partial charge in [0.15, 0.2) is 5.76 Å². The Bertz CT molecular complexity index is 796. The summed E-state index contributed by atoms with van der Waals surface area (Å²) in [5.74, 6) is -3.44. The molecule has 7 heteroatoms. The first kappa shape index (κ1) is 17.1. The molecule has 132 valence electrons. The molecule has 0 spiro atoms. The van der Waals surface area contributed by atoms with Crippen molar-refractivity contribution < 1.29 is 27.9 Å². The van der Waals surface area contributed by atoms with Gasteiger partial charge in [-0.25, -0.2) is 13.6 Å². The van der Waals surface area contributed by atoms with Gasteiger partial charge in [-0.1, -0.05) is 12.8 Å². The third kappa shape index (κ3) is 3.70. The molecule has 0 saturated heterocycles. The molecule has 1 aromatic carbocycles. The van der Waals surface area contributed by atoms with Crippen LogP contribution in [0.4, 0.5) is 8.78 Å². The zero-order chi connectivity index (χ0) is 18.0. The molecule has 1 amide bonds. The highest BCUT2D eigenvalue weighted by Crippen LogP contribution is 2.27. The van der Waals surface area contributed by atoms with E-state index in [4.69, 9.17) is 9.52 Å². The van der Waals surface area contributed by atoms with Crippen LogP contribution in [0.1, 0.15) is 52.4 Å². The van der Waals surface area contributed by atoms with Gasteiger partial charge >= 0.3 is 5.97 Å². The monoisotopic (exact) mass is 349 g/mol. The summed E-state index contributed by atoms with van der Waals surface area (Å²) < 4.78 is 32.5. The summed E-state index contributed by atoms with van der Waals surface area (Å²) in [6, 6.07) is 5.48. The van der Waals surface area contributed by atoms with Crippen LogP contribution in [-0.2, 0) is 6.54 Å². The molecule has 0 atom stereocenters. The molecule has 1 fully saturated rings. The van der Waals surface area contributed by atoms with Crippen LogP contribution in [-0.4, -0.2) is 27.9 Å². The smallest absolute Gasteiger partial charge is 0.371 e. The Morgan fingerprint density at radius 2 is 1.80 bits per heavy atom. The standard InChI is InChI=1S/C18H17F2NO4/c19-12-5-6-14(20)11(9-12)10-21(13-3-1-2-4-13)17(22)15-7-8-16(25-15)18(23)24/h5-9,13H,1-4,10H2,(H,23,24). The number of hydrogen-bond donors (Lipinski definition) is 1. The number of amides is 1. The van der Waals surface area contributed by atoms with E-state index in [-0.39, 0.29) is 29.7 Å². The normalized spacial score (nSPS) is 14.6. The Hall–Kier alpha value is -2.70. The highest BCUT2D eigenvalue weighted by molar-refractivity contribution is 5.93. The van der Waals surface area contributed by atoms with Gasteiger partial charge in [-0.15, -0.1) is 0 Å². The van der Waals surface area contributed by atoms with Crippen LogP contribution >= 0.6 is 0 Å². The van der Waals surface area contributed by atoms with E-state index in [1.165, 1.54) is 17.0 Å². The zero-order valence-corrected chi connectivity index (χ0v) is 13.4. The summed E-state index contributed by atoms with van der Waals surface area (Å²) in [5.41, 5.74) is 0.0743. The van der Waals surface area contributed by atoms with Gasteiger partial charge in [-0.05, 0) is 43.2 Å². The fourth-order valence-electron chi connectivity index (χ4n) is 3.14. The van der Waals surface area contributed by atoms with Crippen LogP contribution in [0.15, 0.2) is 34.7 Å². The number of carbonyl (C=O) groups excluding carboxylic acids is 1. The van der Waals surface area contributed by atoms with Crippen molar-refractivity contribution in [2.75, 3.05) is 0 Å². The van der Waals surface area contributed by atoms with Gasteiger partial charge in [0.25, 0.3) is 5.91 Å². The molecule has 1 aliphatic rings. The van der Waals surface area contributed by atoms with E-state index >= 15 is 0 Å². The summed E-state index contributed by atoms with van der Waals surface area (Å²) in [6.45, 7) is -0.101. The fourth-order valence-corrected chi connectivity index (χ4v) is 3.14. The average molecular weight is 349 g/mol. The third-order valence-corrected chi connectivity index (χ3v) is 4.40. The lowest BCUT2D eigenvalue weighted by atomic mass is 10.1. The van der Waals surface area contributed by atoms with Crippen molar-refractivity contribution in [2.45, 2.75) is 38.3 Å². The summed E-state index contributed by atoms with van der Waals surface area (Å²) in [4.78, 5) is 25.2. The second-order valence-electron chi connectivity index (χ2n) is 6.08. The van der Waals surface area contributed by atoms with Crippen LogP contribution in [0, 0.1) is 11.6 Å². The maximum absolute atomic E-state index is 14.0. The molecule has 2 aromatic rings. The fraction of sp³-hybridized carbons (Fsp3) is 0.333. The molecular formula is C18H17F2NO4. The quantitative estimate of drug-likeness (QED) is 0.890. The lowest BCUT2D eigenvalue weighted by Crippen LogP contribution is -2.38. The second kappa shape index (κ2) is 7.04. The summed E-state index contributed by atoms with van der Waals surface area (Å²) in [5, 5.41) is 8.92. The number of nitrogens with zero attached hydrogens (tertiary/aromatic N) is 1. The number of carboxylic acids is 1. The number of halogens is 2. The predicted molar refractivity (Wildman–Crippen MR) is 84.2 cm³/mol. The molecule has 5 nitrogen and oxygen atoms in total. The van der Waals surface area contributed by atoms with Gasteiger partial charge in [-0.3, -0.25) is 4.79 Å². The lowest BCUT2D eigenvalue weighted by molar-refractivity contribution is 0.0610. The Morgan fingerprint density at radius 1 is 1.12 bits per heavy atom. The molecule has 1 N–H and O–H groups in total. The molecule has 0 unspecified atom stereocenters. The van der Waals surface area contributed by atoms with Crippen LogP contribution in [0.3, 0.4) is 0 Å². The number of furan rings is 1. The Morgan fingerprint density at radius 3 is 2.44 bits per heavy atom. The highest BCUT2D eigenvalue weighted by Gasteiger charge is 2.30. The van der Waals surface area contributed by atoms with E-state index in [1.807, 2.05) is 0 Å². The molecule has 1 heterocycles. The van der Waals surface area contributed by atoms with E-state index in [1.54, 1.807) is 0 Å². The van der Waals surface area contributed by atoms with Gasteiger partial charge in [0.1, 0.15) is 11.6 Å². The van der Waals surface area contributed by atoms with Gasteiger partial charge in [0.05, 0.1) is 0 Å². The minimum Gasteiger partial charge on any atom is -0.475 e. The molecule has 1 aromatic heterocycles. The van der Waals surface area contributed by atoms with Crippen molar-refractivity contribution in [3.05, 3.63) is 59.1 Å². The summed E-state index contributed by atoms with van der Waals surface area (Å²) >= 11 is 0. The van der Waals surface area contributed by atoms with Crippen molar-refractivity contribution in [3.63, 3.8) is 0 Å². The Balaban J connectivity index is 1.89. The maximum Gasteiger partial charge on any atom is 0.371 e. The molecule has 0 radical (unpaired) electrons. The molecule has 0 aliphatic heterocycles. The highest BCUT2D eigenvalue weighted by atomic mass is 19.1. The van der Waals surface area contributed by atoms with Crippen LogP contribution in [0.25, 0.3) is 0 Å². The van der Waals surface area contributed by atoms with E-state index < -0.39 is 23.5 Å². The van der Waals surface area contributed by atoms with Gasteiger partial charge in [0.2, 0.25) is 5.76 Å². The van der Waals surface area contributed by atoms with Gasteiger partial charge in [-0.2, -0.15) is 0 Å². The second-order valence-corrected chi connectivity index (χ2v) is 6.08. The van der Waals surface area contributed by atoms with Gasteiger partial charge < -0.3 is 14.4 Å². The number of carbonyl (C=O) groups is 2. The largest absolute Gasteiger partial charge is 0.475 e.